The number of hydrogen-bond acceptors (Lipinski definition) is 4. The van der Waals surface area contributed by atoms with E-state index in [9.17, 15) is 8.42 Å². The monoisotopic (exact) mass is 425 g/mol. The number of aryl methyl sites for hydroxylation is 2. The van der Waals surface area contributed by atoms with Gasteiger partial charge in [0.25, 0.3) is 0 Å². The number of benzene rings is 3. The predicted molar refractivity (Wildman–Crippen MR) is 118 cm³/mol. The number of methoxy groups -OCH3 is 2. The van der Waals surface area contributed by atoms with Crippen LogP contribution in [0, 0.1) is 13.8 Å². The van der Waals surface area contributed by atoms with Crippen molar-refractivity contribution in [2.24, 2.45) is 0 Å². The van der Waals surface area contributed by atoms with E-state index in [1.165, 1.54) is 4.31 Å². The number of hydrogen-bond donors (Lipinski definition) is 0. The van der Waals surface area contributed by atoms with Crippen LogP contribution in [0.4, 0.5) is 0 Å². The van der Waals surface area contributed by atoms with E-state index in [2.05, 4.69) is 0 Å². The summed E-state index contributed by atoms with van der Waals surface area (Å²) in [6.07, 6.45) is 0. The summed E-state index contributed by atoms with van der Waals surface area (Å²) >= 11 is 0. The van der Waals surface area contributed by atoms with Crippen molar-refractivity contribution in [2.75, 3.05) is 14.2 Å². The standard InChI is InChI=1S/C24H27NO4S/c1-18-5-14-24(19(2)15-18)30(26,27)25(16-20-6-10-22(28-3)11-7-20)17-21-8-12-23(29-4)13-9-21/h5-15H,16-17H2,1-4H3. The summed E-state index contributed by atoms with van der Waals surface area (Å²) in [7, 11) is -0.492. The fourth-order valence-corrected chi connectivity index (χ4v) is 4.94. The van der Waals surface area contributed by atoms with E-state index in [-0.39, 0.29) is 13.1 Å². The Hall–Kier alpha value is -2.83. The molecule has 0 saturated heterocycles. The van der Waals surface area contributed by atoms with Gasteiger partial charge in [-0.2, -0.15) is 4.31 Å². The fourth-order valence-electron chi connectivity index (χ4n) is 3.32. The van der Waals surface area contributed by atoms with Crippen LogP contribution in [0.25, 0.3) is 0 Å². The summed E-state index contributed by atoms with van der Waals surface area (Å²) in [4.78, 5) is 0.329. The summed E-state index contributed by atoms with van der Waals surface area (Å²) in [5.41, 5.74) is 3.54. The molecule has 0 atom stereocenters. The molecular weight excluding hydrogens is 398 g/mol. The Morgan fingerprint density at radius 1 is 0.733 bits per heavy atom. The second-order valence-corrected chi connectivity index (χ2v) is 9.14. The Morgan fingerprint density at radius 3 is 1.60 bits per heavy atom. The first kappa shape index (κ1) is 21.9. The molecule has 0 saturated carbocycles. The van der Waals surface area contributed by atoms with Crippen LogP contribution in [0.5, 0.6) is 11.5 Å². The molecule has 158 valence electrons. The molecule has 0 spiro atoms. The molecule has 0 amide bonds. The van der Waals surface area contributed by atoms with Gasteiger partial charge in [0.2, 0.25) is 10.0 Å². The highest BCUT2D eigenvalue weighted by atomic mass is 32.2. The number of rotatable bonds is 8. The van der Waals surface area contributed by atoms with Crippen LogP contribution in [0.3, 0.4) is 0 Å². The summed E-state index contributed by atoms with van der Waals surface area (Å²) < 4.78 is 39.1. The van der Waals surface area contributed by atoms with Crippen LogP contribution < -0.4 is 9.47 Å². The Labute approximate surface area is 178 Å². The van der Waals surface area contributed by atoms with Gasteiger partial charge in [0.15, 0.2) is 0 Å². The van der Waals surface area contributed by atoms with Gasteiger partial charge < -0.3 is 9.47 Å². The third kappa shape index (κ3) is 5.01. The van der Waals surface area contributed by atoms with Crippen LogP contribution in [0.15, 0.2) is 71.6 Å². The number of ether oxygens (including phenoxy) is 2. The lowest BCUT2D eigenvalue weighted by Crippen LogP contribution is -2.30. The van der Waals surface area contributed by atoms with Crippen molar-refractivity contribution in [3.63, 3.8) is 0 Å². The van der Waals surface area contributed by atoms with E-state index in [4.69, 9.17) is 9.47 Å². The van der Waals surface area contributed by atoms with Crippen molar-refractivity contribution < 1.29 is 17.9 Å². The van der Waals surface area contributed by atoms with Crippen LogP contribution in [0.2, 0.25) is 0 Å². The second kappa shape index (κ2) is 9.32. The minimum absolute atomic E-state index is 0.256. The fraction of sp³-hybridized carbons (Fsp3) is 0.250. The maximum Gasteiger partial charge on any atom is 0.243 e. The van der Waals surface area contributed by atoms with E-state index < -0.39 is 10.0 Å². The minimum Gasteiger partial charge on any atom is -0.497 e. The normalized spacial score (nSPS) is 11.5. The molecule has 0 fully saturated rings. The van der Waals surface area contributed by atoms with Crippen LogP contribution in [0.1, 0.15) is 22.3 Å². The zero-order valence-corrected chi connectivity index (χ0v) is 18.6. The van der Waals surface area contributed by atoms with Crippen molar-refractivity contribution in [3.05, 3.63) is 89.0 Å². The lowest BCUT2D eigenvalue weighted by atomic mass is 10.2. The molecule has 3 aromatic carbocycles. The van der Waals surface area contributed by atoms with Gasteiger partial charge in [0, 0.05) is 13.1 Å². The lowest BCUT2D eigenvalue weighted by Gasteiger charge is -2.24. The molecule has 3 rings (SSSR count). The summed E-state index contributed by atoms with van der Waals surface area (Å²) in [6, 6.07) is 20.3. The molecule has 0 bridgehead atoms. The maximum atomic E-state index is 13.6. The molecule has 6 heteroatoms. The molecule has 0 heterocycles. The second-order valence-electron chi connectivity index (χ2n) is 7.24. The quantitative estimate of drug-likeness (QED) is 0.524. The van der Waals surface area contributed by atoms with E-state index >= 15 is 0 Å². The Kier molecular flexibility index (Phi) is 6.80. The molecule has 5 nitrogen and oxygen atoms in total. The molecule has 0 aliphatic carbocycles. The lowest BCUT2D eigenvalue weighted by molar-refractivity contribution is 0.397. The van der Waals surface area contributed by atoms with E-state index in [0.717, 1.165) is 33.8 Å². The topological polar surface area (TPSA) is 55.8 Å². The summed E-state index contributed by atoms with van der Waals surface area (Å²) in [5, 5.41) is 0. The zero-order chi connectivity index (χ0) is 21.7. The SMILES string of the molecule is COc1ccc(CN(Cc2ccc(OC)cc2)S(=O)(=O)c2ccc(C)cc2C)cc1. The van der Waals surface area contributed by atoms with Gasteiger partial charge in [0.1, 0.15) is 11.5 Å². The van der Waals surface area contributed by atoms with Gasteiger partial charge in [-0.3, -0.25) is 0 Å². The van der Waals surface area contributed by atoms with Crippen LogP contribution >= 0.6 is 0 Å². The van der Waals surface area contributed by atoms with Crippen LogP contribution in [-0.2, 0) is 23.1 Å². The van der Waals surface area contributed by atoms with E-state index in [1.54, 1.807) is 20.3 Å². The van der Waals surface area contributed by atoms with Crippen molar-refractivity contribution in [1.82, 2.24) is 4.31 Å². The molecule has 0 N–H and O–H groups in total. The summed E-state index contributed by atoms with van der Waals surface area (Å²) in [6.45, 7) is 4.30. The van der Waals surface area contributed by atoms with Crippen LogP contribution in [-0.4, -0.2) is 26.9 Å². The Morgan fingerprint density at radius 2 is 1.20 bits per heavy atom. The van der Waals surface area contributed by atoms with Gasteiger partial charge in [0.05, 0.1) is 19.1 Å². The molecule has 0 aromatic heterocycles. The highest BCUT2D eigenvalue weighted by molar-refractivity contribution is 7.89. The first-order chi connectivity index (χ1) is 14.3. The predicted octanol–water partition coefficient (Wildman–Crippen LogP) is 4.71. The van der Waals surface area contributed by atoms with Crippen molar-refractivity contribution >= 4 is 10.0 Å². The van der Waals surface area contributed by atoms with Gasteiger partial charge in [-0.25, -0.2) is 8.42 Å². The first-order valence-electron chi connectivity index (χ1n) is 9.67. The van der Waals surface area contributed by atoms with Gasteiger partial charge >= 0.3 is 0 Å². The average Bonchev–Trinajstić information content (AvgIpc) is 2.74. The third-order valence-corrected chi connectivity index (χ3v) is 6.94. The summed E-state index contributed by atoms with van der Waals surface area (Å²) in [5.74, 6) is 1.47. The smallest absolute Gasteiger partial charge is 0.243 e. The molecule has 0 aliphatic rings. The highest BCUT2D eigenvalue weighted by Gasteiger charge is 2.26. The zero-order valence-electron chi connectivity index (χ0n) is 17.8. The molecule has 0 aliphatic heterocycles. The molecule has 30 heavy (non-hydrogen) atoms. The van der Waals surface area contributed by atoms with Crippen molar-refractivity contribution in [3.8, 4) is 11.5 Å². The largest absolute Gasteiger partial charge is 0.497 e. The minimum atomic E-state index is -3.71. The van der Waals surface area contributed by atoms with Gasteiger partial charge in [-0.15, -0.1) is 0 Å². The Bertz CT molecular complexity index is 1040. The van der Waals surface area contributed by atoms with Gasteiger partial charge in [-0.05, 0) is 60.9 Å². The highest BCUT2D eigenvalue weighted by Crippen LogP contribution is 2.26. The molecular formula is C24H27NO4S. The van der Waals surface area contributed by atoms with Gasteiger partial charge in [-0.1, -0.05) is 42.0 Å². The maximum absolute atomic E-state index is 13.6. The average molecular weight is 426 g/mol. The molecule has 0 unspecified atom stereocenters. The number of nitrogens with zero attached hydrogens (tertiary/aromatic N) is 1. The van der Waals surface area contributed by atoms with Crippen molar-refractivity contribution in [2.45, 2.75) is 31.8 Å². The van der Waals surface area contributed by atoms with Crippen molar-refractivity contribution in [1.29, 1.82) is 0 Å². The first-order valence-corrected chi connectivity index (χ1v) is 11.1. The third-order valence-electron chi connectivity index (χ3n) is 4.98. The molecule has 3 aromatic rings. The van der Waals surface area contributed by atoms with E-state index in [0.29, 0.717) is 4.90 Å². The molecule has 0 radical (unpaired) electrons. The number of sulfonamides is 1. The van der Waals surface area contributed by atoms with E-state index in [1.807, 2.05) is 74.5 Å². The Balaban J connectivity index is 1.97.